The third kappa shape index (κ3) is 4.90. The van der Waals surface area contributed by atoms with Crippen LogP contribution in [0.15, 0.2) is 23.1 Å². The normalized spacial score (nSPS) is 20.1. The Morgan fingerprint density at radius 1 is 1.33 bits per heavy atom. The van der Waals surface area contributed by atoms with Crippen molar-refractivity contribution in [3.63, 3.8) is 0 Å². The Balaban J connectivity index is 1.94. The van der Waals surface area contributed by atoms with Gasteiger partial charge in [-0.1, -0.05) is 11.6 Å². The molecule has 1 fully saturated rings. The van der Waals surface area contributed by atoms with Gasteiger partial charge < -0.3 is 10.4 Å². The molecule has 0 radical (unpaired) electrons. The Labute approximate surface area is 145 Å². The zero-order valence-corrected chi connectivity index (χ0v) is 14.9. The molecular weight excluding hydrogens is 380 g/mol. The van der Waals surface area contributed by atoms with Crippen molar-refractivity contribution < 1.29 is 26.7 Å². The summed E-state index contributed by atoms with van der Waals surface area (Å²) in [6, 6.07) is 3.23. The molecule has 0 spiro atoms. The molecule has 1 aromatic rings. The number of hydrogen-bond donors (Lipinski definition) is 3. The lowest BCUT2D eigenvalue weighted by Crippen LogP contribution is -2.37. The van der Waals surface area contributed by atoms with Gasteiger partial charge in [-0.15, -0.1) is 0 Å². The SMILES string of the molecule is O=C(O)c1ccc(Cl)c(S(=O)(=O)NCCN[C@H]2CCS(=O)(=O)C2)c1. The van der Waals surface area contributed by atoms with Crippen molar-refractivity contribution in [3.8, 4) is 0 Å². The van der Waals surface area contributed by atoms with Crippen LogP contribution in [0.2, 0.25) is 5.02 Å². The predicted octanol–water partition coefficient (Wildman–Crippen LogP) is 0.0932. The van der Waals surface area contributed by atoms with Crippen molar-refractivity contribution >= 4 is 37.4 Å². The molecule has 1 aromatic carbocycles. The Morgan fingerprint density at radius 3 is 2.62 bits per heavy atom. The summed E-state index contributed by atoms with van der Waals surface area (Å²) in [5.74, 6) is -1.08. The molecule has 1 aliphatic rings. The summed E-state index contributed by atoms with van der Waals surface area (Å²) >= 11 is 5.84. The molecule has 1 saturated heterocycles. The topological polar surface area (TPSA) is 130 Å². The highest BCUT2D eigenvalue weighted by molar-refractivity contribution is 7.91. The summed E-state index contributed by atoms with van der Waals surface area (Å²) in [6.07, 6.45) is 0.502. The van der Waals surface area contributed by atoms with Gasteiger partial charge in [0.25, 0.3) is 0 Å². The van der Waals surface area contributed by atoms with Gasteiger partial charge in [0, 0.05) is 19.1 Å². The number of sulfonamides is 1. The molecule has 2 rings (SSSR count). The summed E-state index contributed by atoms with van der Waals surface area (Å²) in [5, 5.41) is 11.8. The number of benzene rings is 1. The van der Waals surface area contributed by atoms with Crippen molar-refractivity contribution in [3.05, 3.63) is 28.8 Å². The minimum absolute atomic E-state index is 0.0203. The van der Waals surface area contributed by atoms with E-state index in [1.54, 1.807) is 0 Å². The van der Waals surface area contributed by atoms with Crippen LogP contribution in [0, 0.1) is 0 Å². The Hall–Kier alpha value is -1.20. The van der Waals surface area contributed by atoms with Gasteiger partial charge in [0.15, 0.2) is 9.84 Å². The lowest BCUT2D eigenvalue weighted by molar-refractivity contribution is 0.0696. The van der Waals surface area contributed by atoms with Crippen LogP contribution in [0.1, 0.15) is 16.8 Å². The fraction of sp³-hybridized carbons (Fsp3) is 0.462. The monoisotopic (exact) mass is 396 g/mol. The average Bonchev–Trinajstić information content (AvgIpc) is 2.83. The second-order valence-electron chi connectivity index (χ2n) is 5.40. The number of sulfone groups is 1. The molecule has 1 aliphatic heterocycles. The molecule has 11 heteroatoms. The summed E-state index contributed by atoms with van der Waals surface area (Å²) in [7, 11) is -6.97. The van der Waals surface area contributed by atoms with E-state index in [1.165, 1.54) is 12.1 Å². The van der Waals surface area contributed by atoms with Crippen LogP contribution in [-0.2, 0) is 19.9 Å². The lowest BCUT2D eigenvalue weighted by Gasteiger charge is -2.12. The van der Waals surface area contributed by atoms with E-state index in [1.807, 2.05) is 0 Å². The first-order chi connectivity index (χ1) is 11.1. The van der Waals surface area contributed by atoms with E-state index >= 15 is 0 Å². The smallest absolute Gasteiger partial charge is 0.335 e. The molecule has 3 N–H and O–H groups in total. The third-order valence-corrected chi connectivity index (χ3v) is 7.26. The van der Waals surface area contributed by atoms with E-state index in [0.29, 0.717) is 6.42 Å². The third-order valence-electron chi connectivity index (χ3n) is 3.55. The molecule has 0 unspecified atom stereocenters. The molecule has 0 aromatic heterocycles. The molecule has 1 heterocycles. The van der Waals surface area contributed by atoms with Gasteiger partial charge >= 0.3 is 5.97 Å². The maximum Gasteiger partial charge on any atom is 0.335 e. The zero-order valence-electron chi connectivity index (χ0n) is 12.5. The molecule has 1 atom stereocenters. The molecule has 134 valence electrons. The van der Waals surface area contributed by atoms with E-state index < -0.39 is 25.8 Å². The number of aromatic carboxylic acids is 1. The molecule has 0 amide bonds. The molecule has 0 aliphatic carbocycles. The van der Waals surface area contributed by atoms with E-state index in [9.17, 15) is 21.6 Å². The highest BCUT2D eigenvalue weighted by Gasteiger charge is 2.27. The summed E-state index contributed by atoms with van der Waals surface area (Å²) in [5.41, 5.74) is -0.186. The number of nitrogens with one attached hydrogen (secondary N) is 2. The second-order valence-corrected chi connectivity index (χ2v) is 9.77. The zero-order chi connectivity index (χ0) is 18.0. The van der Waals surface area contributed by atoms with Gasteiger partial charge in [-0.2, -0.15) is 0 Å². The Bertz CT molecular complexity index is 838. The molecule has 8 nitrogen and oxygen atoms in total. The highest BCUT2D eigenvalue weighted by atomic mass is 35.5. The molecule has 24 heavy (non-hydrogen) atoms. The van der Waals surface area contributed by atoms with Crippen LogP contribution in [0.5, 0.6) is 0 Å². The van der Waals surface area contributed by atoms with Crippen molar-refractivity contribution in [1.82, 2.24) is 10.0 Å². The number of hydrogen-bond acceptors (Lipinski definition) is 6. The maximum absolute atomic E-state index is 12.2. The average molecular weight is 397 g/mol. The fourth-order valence-electron chi connectivity index (χ4n) is 2.34. The highest BCUT2D eigenvalue weighted by Crippen LogP contribution is 2.22. The Morgan fingerprint density at radius 2 is 2.04 bits per heavy atom. The lowest BCUT2D eigenvalue weighted by atomic mass is 10.2. The van der Waals surface area contributed by atoms with Crippen LogP contribution < -0.4 is 10.0 Å². The van der Waals surface area contributed by atoms with Crippen LogP contribution in [-0.4, -0.2) is 58.5 Å². The largest absolute Gasteiger partial charge is 0.478 e. The van der Waals surface area contributed by atoms with E-state index in [2.05, 4.69) is 10.0 Å². The van der Waals surface area contributed by atoms with Gasteiger partial charge in [0.05, 0.1) is 22.1 Å². The number of carboxylic acids is 1. The van der Waals surface area contributed by atoms with Crippen molar-refractivity contribution in [2.45, 2.75) is 17.4 Å². The van der Waals surface area contributed by atoms with E-state index in [-0.39, 0.29) is 46.1 Å². The minimum atomic E-state index is -3.97. The first kappa shape index (κ1) is 19.1. The summed E-state index contributed by atoms with van der Waals surface area (Å²) in [4.78, 5) is 10.6. The number of carboxylic acid groups (broad SMARTS) is 1. The number of rotatable bonds is 7. The van der Waals surface area contributed by atoms with Crippen molar-refractivity contribution in [1.29, 1.82) is 0 Å². The number of carbonyl (C=O) groups is 1. The predicted molar refractivity (Wildman–Crippen MR) is 88.7 cm³/mol. The van der Waals surface area contributed by atoms with Crippen molar-refractivity contribution in [2.24, 2.45) is 0 Å². The Kier molecular flexibility index (Phi) is 5.87. The van der Waals surface area contributed by atoms with Gasteiger partial charge in [0.2, 0.25) is 10.0 Å². The summed E-state index contributed by atoms with van der Waals surface area (Å²) < 4.78 is 49.4. The second kappa shape index (κ2) is 7.36. The van der Waals surface area contributed by atoms with Crippen LogP contribution >= 0.6 is 11.6 Å². The maximum atomic E-state index is 12.2. The first-order valence-electron chi connectivity index (χ1n) is 7.07. The van der Waals surface area contributed by atoms with Crippen LogP contribution in [0.4, 0.5) is 0 Å². The summed E-state index contributed by atoms with van der Waals surface area (Å²) in [6.45, 7) is 0.266. The fourth-order valence-corrected chi connectivity index (χ4v) is 5.60. The number of halogens is 1. The molecule has 0 saturated carbocycles. The van der Waals surface area contributed by atoms with Crippen LogP contribution in [0.3, 0.4) is 0 Å². The van der Waals surface area contributed by atoms with Gasteiger partial charge in [-0.05, 0) is 24.6 Å². The van der Waals surface area contributed by atoms with Crippen molar-refractivity contribution in [2.75, 3.05) is 24.6 Å². The minimum Gasteiger partial charge on any atom is -0.478 e. The standard InChI is InChI=1S/C13H17ClN2O6S2/c14-11-2-1-9(13(17)18)7-12(11)24(21,22)16-5-4-15-10-3-6-23(19,20)8-10/h1-2,7,10,15-16H,3-6,8H2,(H,17,18)/t10-/m0/s1. The molecular formula is C13H17ClN2O6S2. The van der Waals surface area contributed by atoms with E-state index in [4.69, 9.17) is 16.7 Å². The van der Waals surface area contributed by atoms with Gasteiger partial charge in [-0.3, -0.25) is 0 Å². The first-order valence-corrected chi connectivity index (χ1v) is 10.8. The molecule has 0 bridgehead atoms. The quantitative estimate of drug-likeness (QED) is 0.557. The van der Waals surface area contributed by atoms with Crippen LogP contribution in [0.25, 0.3) is 0 Å². The van der Waals surface area contributed by atoms with Gasteiger partial charge in [0.1, 0.15) is 4.90 Å². The van der Waals surface area contributed by atoms with E-state index in [0.717, 1.165) is 6.07 Å². The van der Waals surface area contributed by atoms with Gasteiger partial charge in [-0.25, -0.2) is 26.4 Å².